The molecule has 3 heterocycles. The van der Waals surface area contributed by atoms with Gasteiger partial charge < -0.3 is 5.32 Å². The molecular formula is C11H17N3S. The van der Waals surface area contributed by atoms with Crippen molar-refractivity contribution in [1.82, 2.24) is 15.5 Å². The Labute approximate surface area is 94.4 Å². The summed E-state index contributed by atoms with van der Waals surface area (Å²) in [4.78, 5) is 0. The first kappa shape index (κ1) is 9.73. The first-order chi connectivity index (χ1) is 7.45. The normalized spacial score (nSPS) is 26.3. The van der Waals surface area contributed by atoms with Gasteiger partial charge in [-0.25, -0.2) is 0 Å². The number of aryl methyl sites for hydroxylation is 1. The molecule has 0 amide bonds. The highest BCUT2D eigenvalue weighted by molar-refractivity contribution is 7.98. The summed E-state index contributed by atoms with van der Waals surface area (Å²) in [6.07, 6.45) is 5.08. The summed E-state index contributed by atoms with van der Waals surface area (Å²) in [6.45, 7) is 1.15. The topological polar surface area (TPSA) is 40.7 Å². The van der Waals surface area contributed by atoms with Crippen LogP contribution < -0.4 is 5.32 Å². The molecular weight excluding hydrogens is 206 g/mol. The van der Waals surface area contributed by atoms with Crippen molar-refractivity contribution in [3.63, 3.8) is 0 Å². The van der Waals surface area contributed by atoms with Gasteiger partial charge in [0.15, 0.2) is 0 Å². The molecule has 2 N–H and O–H groups in total. The lowest BCUT2D eigenvalue weighted by Gasteiger charge is -2.23. The smallest absolute Gasteiger partial charge is 0.0834 e. The Bertz CT molecular complexity index is 342. The molecule has 1 fully saturated rings. The standard InChI is InChI=1S/C11H17N3S/c1-2-5-12-10(3-1)11-8-7-15-6-4-9(8)13-14-11/h10,12H,1-7H2,(H,13,14). The quantitative estimate of drug-likeness (QED) is 0.765. The Hall–Kier alpha value is -0.480. The number of aromatic nitrogens is 2. The molecule has 1 atom stereocenters. The second kappa shape index (κ2) is 4.18. The highest BCUT2D eigenvalue weighted by Gasteiger charge is 2.24. The molecule has 0 aliphatic carbocycles. The van der Waals surface area contributed by atoms with Gasteiger partial charge in [0.25, 0.3) is 0 Å². The van der Waals surface area contributed by atoms with E-state index in [9.17, 15) is 0 Å². The summed E-state index contributed by atoms with van der Waals surface area (Å²) < 4.78 is 0. The fraction of sp³-hybridized carbons (Fsp3) is 0.727. The molecule has 1 unspecified atom stereocenters. The van der Waals surface area contributed by atoms with Gasteiger partial charge in [-0.3, -0.25) is 5.10 Å². The molecule has 15 heavy (non-hydrogen) atoms. The summed E-state index contributed by atoms with van der Waals surface area (Å²) in [6, 6.07) is 0.512. The van der Waals surface area contributed by atoms with Crippen molar-refractivity contribution in [1.29, 1.82) is 0 Å². The van der Waals surface area contributed by atoms with E-state index in [2.05, 4.69) is 15.5 Å². The molecule has 0 aromatic carbocycles. The lowest BCUT2D eigenvalue weighted by molar-refractivity contribution is 0.403. The number of piperidine rings is 1. The number of fused-ring (bicyclic) bond motifs is 1. The third-order valence-electron chi connectivity index (χ3n) is 3.37. The van der Waals surface area contributed by atoms with Crippen LogP contribution in [0.25, 0.3) is 0 Å². The van der Waals surface area contributed by atoms with E-state index in [-0.39, 0.29) is 0 Å². The first-order valence-corrected chi connectivity index (χ1v) is 6.98. The van der Waals surface area contributed by atoms with E-state index < -0.39 is 0 Å². The minimum Gasteiger partial charge on any atom is -0.309 e. The Morgan fingerprint density at radius 3 is 3.20 bits per heavy atom. The van der Waals surface area contributed by atoms with Crippen LogP contribution in [0, 0.1) is 0 Å². The molecule has 3 nitrogen and oxygen atoms in total. The van der Waals surface area contributed by atoms with E-state index in [1.54, 1.807) is 0 Å². The Morgan fingerprint density at radius 2 is 2.33 bits per heavy atom. The fourth-order valence-electron chi connectivity index (χ4n) is 2.51. The Morgan fingerprint density at radius 1 is 1.33 bits per heavy atom. The van der Waals surface area contributed by atoms with Gasteiger partial charge in [0.05, 0.1) is 11.7 Å². The maximum Gasteiger partial charge on any atom is 0.0834 e. The molecule has 82 valence electrons. The number of hydrogen-bond acceptors (Lipinski definition) is 3. The van der Waals surface area contributed by atoms with Gasteiger partial charge in [-0.05, 0) is 31.6 Å². The average Bonchev–Trinajstić information content (AvgIpc) is 2.74. The van der Waals surface area contributed by atoms with Crippen molar-refractivity contribution in [2.75, 3.05) is 12.3 Å². The molecule has 2 aliphatic rings. The van der Waals surface area contributed by atoms with E-state index >= 15 is 0 Å². The molecule has 0 saturated carbocycles. The molecule has 1 saturated heterocycles. The predicted molar refractivity (Wildman–Crippen MR) is 63.0 cm³/mol. The zero-order chi connectivity index (χ0) is 10.1. The molecule has 0 radical (unpaired) electrons. The highest BCUT2D eigenvalue weighted by Crippen LogP contribution is 2.31. The average molecular weight is 223 g/mol. The zero-order valence-electron chi connectivity index (χ0n) is 8.88. The lowest BCUT2D eigenvalue weighted by Crippen LogP contribution is -2.27. The van der Waals surface area contributed by atoms with Gasteiger partial charge in [0, 0.05) is 17.0 Å². The van der Waals surface area contributed by atoms with Crippen molar-refractivity contribution >= 4 is 11.8 Å². The van der Waals surface area contributed by atoms with Crippen LogP contribution in [0.2, 0.25) is 0 Å². The second-order valence-corrected chi connectivity index (χ2v) is 5.48. The summed E-state index contributed by atoms with van der Waals surface area (Å²) in [5.41, 5.74) is 4.18. The number of thioether (sulfide) groups is 1. The molecule has 4 heteroatoms. The molecule has 2 aliphatic heterocycles. The Kier molecular flexibility index (Phi) is 2.71. The molecule has 0 spiro atoms. The molecule has 1 aromatic rings. The lowest BCUT2D eigenvalue weighted by atomic mass is 9.98. The summed E-state index contributed by atoms with van der Waals surface area (Å²) >= 11 is 2.03. The van der Waals surface area contributed by atoms with Crippen LogP contribution >= 0.6 is 11.8 Å². The summed E-state index contributed by atoms with van der Waals surface area (Å²) in [5.74, 6) is 2.39. The van der Waals surface area contributed by atoms with E-state index in [1.807, 2.05) is 11.8 Å². The van der Waals surface area contributed by atoms with Crippen molar-refractivity contribution in [2.24, 2.45) is 0 Å². The fourth-order valence-corrected chi connectivity index (χ4v) is 3.53. The van der Waals surface area contributed by atoms with Gasteiger partial charge in [-0.1, -0.05) is 6.42 Å². The van der Waals surface area contributed by atoms with E-state index in [1.165, 1.54) is 48.4 Å². The van der Waals surface area contributed by atoms with E-state index in [4.69, 9.17) is 0 Å². The van der Waals surface area contributed by atoms with Gasteiger partial charge in [-0.2, -0.15) is 16.9 Å². The number of nitrogens with zero attached hydrogens (tertiary/aromatic N) is 1. The molecule has 0 bridgehead atoms. The minimum atomic E-state index is 0.512. The predicted octanol–water partition coefficient (Wildman–Crippen LogP) is 2.01. The third kappa shape index (κ3) is 1.81. The van der Waals surface area contributed by atoms with Gasteiger partial charge in [-0.15, -0.1) is 0 Å². The highest BCUT2D eigenvalue weighted by atomic mass is 32.2. The van der Waals surface area contributed by atoms with Crippen LogP contribution in [-0.4, -0.2) is 22.5 Å². The number of hydrogen-bond donors (Lipinski definition) is 2. The molecule has 3 rings (SSSR count). The number of aromatic amines is 1. The largest absolute Gasteiger partial charge is 0.309 e. The van der Waals surface area contributed by atoms with Crippen LogP contribution in [0.15, 0.2) is 0 Å². The second-order valence-electron chi connectivity index (χ2n) is 4.37. The van der Waals surface area contributed by atoms with E-state index in [0.29, 0.717) is 6.04 Å². The van der Waals surface area contributed by atoms with Crippen LogP contribution in [-0.2, 0) is 12.2 Å². The number of nitrogens with one attached hydrogen (secondary N) is 2. The van der Waals surface area contributed by atoms with Crippen molar-refractivity contribution < 1.29 is 0 Å². The van der Waals surface area contributed by atoms with Crippen LogP contribution in [0.1, 0.15) is 42.3 Å². The zero-order valence-corrected chi connectivity index (χ0v) is 9.70. The van der Waals surface area contributed by atoms with Crippen LogP contribution in [0.3, 0.4) is 0 Å². The number of H-pyrrole nitrogens is 1. The third-order valence-corrected chi connectivity index (χ3v) is 4.35. The van der Waals surface area contributed by atoms with Crippen LogP contribution in [0.5, 0.6) is 0 Å². The van der Waals surface area contributed by atoms with Crippen LogP contribution in [0.4, 0.5) is 0 Å². The van der Waals surface area contributed by atoms with Crippen molar-refractivity contribution in [3.05, 3.63) is 17.0 Å². The van der Waals surface area contributed by atoms with E-state index in [0.717, 1.165) is 12.3 Å². The minimum absolute atomic E-state index is 0.512. The van der Waals surface area contributed by atoms with Crippen molar-refractivity contribution in [2.45, 2.75) is 37.5 Å². The Balaban J connectivity index is 1.87. The SMILES string of the molecule is C1CCC(c2n[nH]c3c2CSCC3)NC1. The maximum atomic E-state index is 4.52. The first-order valence-electron chi connectivity index (χ1n) is 5.82. The monoisotopic (exact) mass is 223 g/mol. The van der Waals surface area contributed by atoms with Gasteiger partial charge in [0.2, 0.25) is 0 Å². The molecule has 1 aromatic heterocycles. The summed E-state index contributed by atoms with van der Waals surface area (Å²) in [5, 5.41) is 11.3. The maximum absolute atomic E-state index is 4.52. The summed E-state index contributed by atoms with van der Waals surface area (Å²) in [7, 11) is 0. The number of rotatable bonds is 1. The van der Waals surface area contributed by atoms with Crippen molar-refractivity contribution in [3.8, 4) is 0 Å². The van der Waals surface area contributed by atoms with Gasteiger partial charge >= 0.3 is 0 Å². The van der Waals surface area contributed by atoms with Gasteiger partial charge in [0.1, 0.15) is 0 Å².